The first-order valence-electron chi connectivity index (χ1n) is 11.2. The van der Waals surface area contributed by atoms with Gasteiger partial charge >= 0.3 is 0 Å². The minimum Gasteiger partial charge on any atom is -0.341 e. The first-order valence-corrected chi connectivity index (χ1v) is 13.0. The zero-order valence-corrected chi connectivity index (χ0v) is 21.1. The number of aryl methyl sites for hydroxylation is 3. The number of rotatable bonds is 10. The van der Waals surface area contributed by atoms with Crippen molar-refractivity contribution in [2.75, 3.05) is 11.1 Å². The summed E-state index contributed by atoms with van der Waals surface area (Å²) in [6.45, 7) is 4.29. The molecular weight excluding hydrogens is 464 g/mol. The average molecular weight is 493 g/mol. The lowest BCUT2D eigenvalue weighted by atomic mass is 10.0. The van der Waals surface area contributed by atoms with Crippen molar-refractivity contribution in [2.45, 2.75) is 37.1 Å². The monoisotopic (exact) mass is 492 g/mol. The zero-order chi connectivity index (χ0) is 23.9. The lowest BCUT2D eigenvalue weighted by Crippen LogP contribution is -2.32. The van der Waals surface area contributed by atoms with Crippen LogP contribution in [0.5, 0.6) is 0 Å². The molecule has 0 radical (unpaired) electrons. The molecule has 34 heavy (non-hydrogen) atoms. The van der Waals surface area contributed by atoms with Gasteiger partial charge in [0.25, 0.3) is 0 Å². The van der Waals surface area contributed by atoms with Gasteiger partial charge in [0.15, 0.2) is 4.34 Å². The largest absolute Gasteiger partial charge is 0.341 e. The third kappa shape index (κ3) is 5.66. The van der Waals surface area contributed by atoms with Gasteiger partial charge in [-0.1, -0.05) is 85.5 Å². The predicted octanol–water partition coefficient (Wildman–Crippen LogP) is 5.14. The highest BCUT2D eigenvalue weighted by atomic mass is 32.2. The molecule has 176 valence electrons. The van der Waals surface area contributed by atoms with Crippen LogP contribution in [0.25, 0.3) is 0 Å². The summed E-state index contributed by atoms with van der Waals surface area (Å²) in [4.78, 5) is 17.3. The van der Waals surface area contributed by atoms with Crippen molar-refractivity contribution in [3.8, 4) is 0 Å². The second kappa shape index (κ2) is 11.3. The molecule has 0 bridgehead atoms. The van der Waals surface area contributed by atoms with Crippen LogP contribution in [0.3, 0.4) is 0 Å². The fourth-order valence-electron chi connectivity index (χ4n) is 3.76. The molecule has 0 saturated heterocycles. The van der Waals surface area contributed by atoms with Crippen LogP contribution in [0.15, 0.2) is 65.3 Å². The minimum atomic E-state index is -0.320. The van der Waals surface area contributed by atoms with Gasteiger partial charge in [-0.2, -0.15) is 0 Å². The Morgan fingerprint density at radius 3 is 2.44 bits per heavy atom. The summed E-state index contributed by atoms with van der Waals surface area (Å²) in [5, 5.41) is 15.9. The molecule has 7 nitrogen and oxygen atoms in total. The minimum absolute atomic E-state index is 0.0869. The second-order valence-electron chi connectivity index (χ2n) is 7.75. The van der Waals surface area contributed by atoms with Crippen molar-refractivity contribution in [3.05, 3.63) is 83.4 Å². The van der Waals surface area contributed by atoms with Crippen LogP contribution >= 0.6 is 23.1 Å². The maximum Gasteiger partial charge on any atom is 0.231 e. The summed E-state index contributed by atoms with van der Waals surface area (Å²) >= 11 is 2.84. The summed E-state index contributed by atoms with van der Waals surface area (Å²) in [6, 6.07) is 15.9. The normalized spacial score (nSPS) is 11.9. The van der Waals surface area contributed by atoms with Crippen LogP contribution in [0.4, 0.5) is 10.8 Å². The number of amides is 1. The third-order valence-corrected chi connectivity index (χ3v) is 7.49. The van der Waals surface area contributed by atoms with E-state index in [0.717, 1.165) is 39.4 Å². The molecular formula is C25H28N6OS2. The van der Waals surface area contributed by atoms with Crippen LogP contribution in [0.1, 0.15) is 42.4 Å². The van der Waals surface area contributed by atoms with E-state index in [1.54, 1.807) is 6.20 Å². The highest BCUT2D eigenvalue weighted by Crippen LogP contribution is 2.31. The molecule has 0 aliphatic heterocycles. The molecule has 2 heterocycles. The Morgan fingerprint density at radius 1 is 1.06 bits per heavy atom. The van der Waals surface area contributed by atoms with E-state index in [0.29, 0.717) is 0 Å². The van der Waals surface area contributed by atoms with E-state index in [1.807, 2.05) is 48.1 Å². The maximum atomic E-state index is 12.8. The SMILES string of the molecule is CCc1cccc(CC)c1Nc1nnc(SCC(=O)NC(c2ccccc2)c2nccn2C)s1. The smallest absolute Gasteiger partial charge is 0.231 e. The van der Waals surface area contributed by atoms with E-state index in [-0.39, 0.29) is 17.7 Å². The third-order valence-electron chi connectivity index (χ3n) is 5.52. The Kier molecular flexibility index (Phi) is 7.97. The summed E-state index contributed by atoms with van der Waals surface area (Å²) < 4.78 is 2.67. The van der Waals surface area contributed by atoms with Gasteiger partial charge in [-0.05, 0) is 29.5 Å². The van der Waals surface area contributed by atoms with Crippen LogP contribution in [0.2, 0.25) is 0 Å². The van der Waals surface area contributed by atoms with Gasteiger partial charge in [-0.25, -0.2) is 4.98 Å². The number of aromatic nitrogens is 4. The van der Waals surface area contributed by atoms with E-state index >= 15 is 0 Å². The number of carbonyl (C=O) groups is 1. The van der Waals surface area contributed by atoms with Crippen molar-refractivity contribution in [2.24, 2.45) is 7.05 Å². The number of imidazole rings is 1. The number of hydrogen-bond acceptors (Lipinski definition) is 7. The summed E-state index contributed by atoms with van der Waals surface area (Å²) in [7, 11) is 1.93. The lowest BCUT2D eigenvalue weighted by molar-refractivity contribution is -0.119. The number of anilines is 2. The highest BCUT2D eigenvalue weighted by molar-refractivity contribution is 8.01. The van der Waals surface area contributed by atoms with Gasteiger partial charge in [0.05, 0.1) is 5.75 Å². The van der Waals surface area contributed by atoms with Crippen LogP contribution in [0, 0.1) is 0 Å². The molecule has 1 atom stereocenters. The number of benzene rings is 2. The molecule has 0 aliphatic rings. The van der Waals surface area contributed by atoms with Crippen molar-refractivity contribution in [1.82, 2.24) is 25.1 Å². The summed E-state index contributed by atoms with van der Waals surface area (Å²) in [5.74, 6) is 0.943. The maximum absolute atomic E-state index is 12.8. The zero-order valence-electron chi connectivity index (χ0n) is 19.5. The Labute approximate surface area is 208 Å². The van der Waals surface area contributed by atoms with E-state index < -0.39 is 0 Å². The molecule has 9 heteroatoms. The quantitative estimate of drug-likeness (QED) is 0.298. The Morgan fingerprint density at radius 2 is 1.79 bits per heavy atom. The molecule has 0 spiro atoms. The number of hydrogen-bond donors (Lipinski definition) is 2. The summed E-state index contributed by atoms with van der Waals surface area (Å²) in [5.41, 5.74) is 4.60. The van der Waals surface area contributed by atoms with Crippen LogP contribution in [-0.2, 0) is 24.7 Å². The first-order chi connectivity index (χ1) is 16.6. The van der Waals surface area contributed by atoms with E-state index in [4.69, 9.17) is 0 Å². The Balaban J connectivity index is 1.41. The van der Waals surface area contributed by atoms with Crippen LogP contribution in [-0.4, -0.2) is 31.4 Å². The number of carbonyl (C=O) groups excluding carboxylic acids is 1. The molecule has 4 rings (SSSR count). The van der Waals surface area contributed by atoms with Gasteiger partial charge in [-0.15, -0.1) is 10.2 Å². The Bertz CT molecular complexity index is 1210. The molecule has 0 aliphatic carbocycles. The molecule has 0 fully saturated rings. The van der Waals surface area contributed by atoms with Gasteiger partial charge in [-0.3, -0.25) is 4.79 Å². The van der Waals surface area contributed by atoms with E-state index in [9.17, 15) is 4.79 Å². The van der Waals surface area contributed by atoms with Gasteiger partial charge in [0, 0.05) is 25.1 Å². The number of nitrogens with zero attached hydrogens (tertiary/aromatic N) is 4. The molecule has 2 N–H and O–H groups in total. The predicted molar refractivity (Wildman–Crippen MR) is 139 cm³/mol. The lowest BCUT2D eigenvalue weighted by Gasteiger charge is -2.19. The van der Waals surface area contributed by atoms with Crippen molar-refractivity contribution in [1.29, 1.82) is 0 Å². The first kappa shape index (κ1) is 24.0. The molecule has 2 aromatic carbocycles. The highest BCUT2D eigenvalue weighted by Gasteiger charge is 2.21. The van der Waals surface area contributed by atoms with E-state index in [1.165, 1.54) is 34.2 Å². The molecule has 1 amide bonds. The fourth-order valence-corrected chi connectivity index (χ4v) is 5.32. The summed E-state index contributed by atoms with van der Waals surface area (Å²) in [6.07, 6.45) is 5.50. The second-order valence-corrected chi connectivity index (χ2v) is 9.95. The van der Waals surface area contributed by atoms with Crippen LogP contribution < -0.4 is 10.6 Å². The van der Waals surface area contributed by atoms with Crippen molar-refractivity contribution in [3.63, 3.8) is 0 Å². The number of nitrogens with one attached hydrogen (secondary N) is 2. The fraction of sp³-hybridized carbons (Fsp3) is 0.280. The molecule has 1 unspecified atom stereocenters. The average Bonchev–Trinajstić information content (AvgIpc) is 3.50. The number of thioether (sulfide) groups is 1. The molecule has 4 aromatic rings. The molecule has 2 aromatic heterocycles. The Hall–Kier alpha value is -3.17. The van der Waals surface area contributed by atoms with Gasteiger partial charge in [0.2, 0.25) is 11.0 Å². The standard InChI is InChI=1S/C25H28N6OS2/c1-4-17-12-9-13-18(5-2)21(17)28-24-29-30-25(34-24)33-16-20(32)27-22(19-10-7-6-8-11-19)23-26-14-15-31(23)3/h6-15,22H,4-5,16H2,1-3H3,(H,27,32)(H,28,29). The van der Waals surface area contributed by atoms with Crippen molar-refractivity contribution < 1.29 is 4.79 Å². The number of para-hydroxylation sites is 1. The van der Waals surface area contributed by atoms with Gasteiger partial charge < -0.3 is 15.2 Å². The van der Waals surface area contributed by atoms with Crippen molar-refractivity contribution >= 4 is 39.8 Å². The van der Waals surface area contributed by atoms with Gasteiger partial charge in [0.1, 0.15) is 11.9 Å². The van der Waals surface area contributed by atoms with E-state index in [2.05, 4.69) is 57.9 Å². The molecule has 0 saturated carbocycles. The topological polar surface area (TPSA) is 84.7 Å².